The van der Waals surface area contributed by atoms with E-state index in [1.807, 2.05) is 38.1 Å². The minimum Gasteiger partial charge on any atom is -0.462 e. The van der Waals surface area contributed by atoms with Gasteiger partial charge >= 0.3 is 0 Å². The van der Waals surface area contributed by atoms with Gasteiger partial charge in [-0.15, -0.1) is 0 Å². The van der Waals surface area contributed by atoms with Crippen molar-refractivity contribution in [3.05, 3.63) is 165 Å². The Hall–Kier alpha value is -4.28. The number of furan rings is 2. The van der Waals surface area contributed by atoms with Crippen molar-refractivity contribution < 1.29 is 8.83 Å². The van der Waals surface area contributed by atoms with Crippen molar-refractivity contribution >= 4 is 56.0 Å². The molecule has 6 aromatic rings. The second-order valence-electron chi connectivity index (χ2n) is 12.4. The molecule has 2 atom stereocenters. The fourth-order valence-electron chi connectivity index (χ4n) is 7.18. The van der Waals surface area contributed by atoms with Gasteiger partial charge in [0.05, 0.1) is 0 Å². The topological polar surface area (TPSA) is 26.3 Å². The Labute approximate surface area is 288 Å². The molecule has 4 aromatic carbocycles. The first-order valence-corrected chi connectivity index (χ1v) is 18.1. The summed E-state index contributed by atoms with van der Waals surface area (Å²) in [4.78, 5) is 0. The van der Waals surface area contributed by atoms with Crippen molar-refractivity contribution in [2.45, 2.75) is 37.8 Å². The Morgan fingerprint density at radius 2 is 0.957 bits per heavy atom. The molecule has 2 nitrogen and oxygen atoms in total. The van der Waals surface area contributed by atoms with E-state index in [4.69, 9.17) is 32.0 Å². The molecule has 0 saturated carbocycles. The SMILES string of the molecule is Cc1ccc(C2=Cc3c(-c4ccc(Cl)cc4)cccc3C2C[Si]CC2C(c3ccc(C)o3)=Cc3c(-c4ccc(Cl)cc4)cccc32)o1. The molecule has 2 radical (unpaired) electrons. The van der Waals surface area contributed by atoms with Crippen molar-refractivity contribution in [1.29, 1.82) is 0 Å². The van der Waals surface area contributed by atoms with Crippen molar-refractivity contribution in [2.75, 3.05) is 0 Å². The highest BCUT2D eigenvalue weighted by molar-refractivity contribution is 6.37. The van der Waals surface area contributed by atoms with E-state index >= 15 is 0 Å². The summed E-state index contributed by atoms with van der Waals surface area (Å²) >= 11 is 12.5. The Morgan fingerprint density at radius 1 is 0.532 bits per heavy atom. The van der Waals surface area contributed by atoms with E-state index in [0.717, 1.165) is 54.7 Å². The molecule has 2 aliphatic carbocycles. The van der Waals surface area contributed by atoms with Gasteiger partial charge in [-0.2, -0.15) is 0 Å². The average Bonchev–Trinajstić information content (AvgIpc) is 3.87. The molecule has 2 unspecified atom stereocenters. The summed E-state index contributed by atoms with van der Waals surface area (Å²) in [6.07, 6.45) is 4.71. The van der Waals surface area contributed by atoms with Crippen LogP contribution in [0.4, 0.5) is 0 Å². The Kier molecular flexibility index (Phi) is 7.93. The van der Waals surface area contributed by atoms with Gasteiger partial charge in [0.2, 0.25) is 0 Å². The van der Waals surface area contributed by atoms with Crippen molar-refractivity contribution in [3.63, 3.8) is 0 Å². The zero-order valence-electron chi connectivity index (χ0n) is 26.2. The van der Waals surface area contributed by atoms with Gasteiger partial charge in [0.15, 0.2) is 0 Å². The molecule has 230 valence electrons. The van der Waals surface area contributed by atoms with Crippen LogP contribution >= 0.6 is 23.2 Å². The monoisotopic (exact) mass is 666 g/mol. The molecule has 0 aliphatic heterocycles. The molecule has 47 heavy (non-hydrogen) atoms. The third kappa shape index (κ3) is 5.67. The lowest BCUT2D eigenvalue weighted by Gasteiger charge is -2.20. The fraction of sp³-hybridized carbons (Fsp3) is 0.143. The van der Waals surface area contributed by atoms with Crippen LogP contribution in [0.3, 0.4) is 0 Å². The standard InChI is InChI=1S/C42H32Cl2O2Si/c1-25-9-19-41(45-25)37-21-35-31(27-11-15-29(43)16-12-27)5-3-7-33(35)39(37)23-47-24-40-34-8-4-6-32(28-13-17-30(44)18-14-28)36(34)22-38(40)42-20-10-26(2)46-42/h3-22,39-40H,23-24H2,1-2H3. The van der Waals surface area contributed by atoms with Crippen LogP contribution in [-0.4, -0.2) is 9.52 Å². The third-order valence-corrected chi connectivity index (χ3v) is 11.3. The second-order valence-corrected chi connectivity index (χ2v) is 14.6. The van der Waals surface area contributed by atoms with Crippen LogP contribution in [0, 0.1) is 13.8 Å². The van der Waals surface area contributed by atoms with Gasteiger partial charge in [-0.25, -0.2) is 0 Å². The number of benzene rings is 4. The molecule has 0 spiro atoms. The predicted molar refractivity (Wildman–Crippen MR) is 197 cm³/mol. The minimum atomic E-state index is 0.251. The summed E-state index contributed by atoms with van der Waals surface area (Å²) in [5.41, 5.74) is 12.6. The predicted octanol–water partition coefficient (Wildman–Crippen LogP) is 12.6. The molecule has 0 saturated heterocycles. The highest BCUT2D eigenvalue weighted by atomic mass is 35.5. The van der Waals surface area contributed by atoms with Crippen LogP contribution in [0.2, 0.25) is 22.1 Å². The van der Waals surface area contributed by atoms with E-state index in [1.54, 1.807) is 0 Å². The van der Waals surface area contributed by atoms with Crippen LogP contribution in [0.15, 0.2) is 118 Å². The van der Waals surface area contributed by atoms with E-state index in [0.29, 0.717) is 0 Å². The summed E-state index contributed by atoms with van der Waals surface area (Å²) in [6, 6.07) is 40.1. The molecular weight excluding hydrogens is 635 g/mol. The van der Waals surface area contributed by atoms with Crippen LogP contribution in [0.1, 0.15) is 57.1 Å². The lowest BCUT2D eigenvalue weighted by Crippen LogP contribution is -2.07. The fourth-order valence-corrected chi connectivity index (χ4v) is 9.06. The highest BCUT2D eigenvalue weighted by Crippen LogP contribution is 2.50. The normalized spacial score (nSPS) is 16.6. The van der Waals surface area contributed by atoms with Crippen LogP contribution in [0.25, 0.3) is 45.6 Å². The van der Waals surface area contributed by atoms with Gasteiger partial charge < -0.3 is 8.83 Å². The zero-order chi connectivity index (χ0) is 32.1. The summed E-state index contributed by atoms with van der Waals surface area (Å²) in [6.45, 7) is 4.03. The van der Waals surface area contributed by atoms with Gasteiger partial charge in [-0.1, -0.05) is 83.9 Å². The highest BCUT2D eigenvalue weighted by Gasteiger charge is 2.33. The second kappa shape index (κ2) is 12.4. The maximum atomic E-state index is 6.25. The maximum Gasteiger partial charge on any atom is 0.130 e. The maximum absolute atomic E-state index is 6.25. The number of hydrogen-bond donors (Lipinski definition) is 0. The third-order valence-electron chi connectivity index (χ3n) is 9.44. The quantitative estimate of drug-likeness (QED) is 0.151. The largest absolute Gasteiger partial charge is 0.462 e. The number of halogens is 2. The molecular formula is C42H32Cl2O2Si. The average molecular weight is 668 g/mol. The van der Waals surface area contributed by atoms with Crippen LogP contribution in [0.5, 0.6) is 0 Å². The lowest BCUT2D eigenvalue weighted by molar-refractivity contribution is 0.518. The molecule has 2 aromatic heterocycles. The van der Waals surface area contributed by atoms with Crippen LogP contribution in [-0.2, 0) is 0 Å². The smallest absolute Gasteiger partial charge is 0.130 e. The molecule has 0 fully saturated rings. The summed E-state index contributed by atoms with van der Waals surface area (Å²) in [7, 11) is 0.723. The zero-order valence-corrected chi connectivity index (χ0v) is 28.7. The molecule has 2 heterocycles. The number of aryl methyl sites for hydroxylation is 2. The molecule has 8 rings (SSSR count). The minimum absolute atomic E-state index is 0.251. The van der Waals surface area contributed by atoms with Crippen molar-refractivity contribution in [3.8, 4) is 22.3 Å². The van der Waals surface area contributed by atoms with E-state index in [9.17, 15) is 0 Å². The van der Waals surface area contributed by atoms with E-state index < -0.39 is 0 Å². The summed E-state index contributed by atoms with van der Waals surface area (Å²) in [5.74, 6) is 4.28. The first-order chi connectivity index (χ1) is 22.9. The molecule has 0 amide bonds. The van der Waals surface area contributed by atoms with Gasteiger partial charge in [0.1, 0.15) is 23.0 Å². The van der Waals surface area contributed by atoms with E-state index in [1.165, 1.54) is 55.7 Å². The van der Waals surface area contributed by atoms with Gasteiger partial charge in [0, 0.05) is 42.5 Å². The Balaban J connectivity index is 1.13. The van der Waals surface area contributed by atoms with Gasteiger partial charge in [0.25, 0.3) is 0 Å². The first kappa shape index (κ1) is 30.1. The summed E-state index contributed by atoms with van der Waals surface area (Å²) in [5, 5.41) is 1.49. The Morgan fingerprint density at radius 3 is 1.34 bits per heavy atom. The van der Waals surface area contributed by atoms with E-state index in [2.05, 4.69) is 97.1 Å². The molecule has 2 aliphatic rings. The Bertz CT molecular complexity index is 2010. The van der Waals surface area contributed by atoms with Gasteiger partial charge in [-0.3, -0.25) is 0 Å². The molecule has 0 bridgehead atoms. The van der Waals surface area contributed by atoms with E-state index in [-0.39, 0.29) is 11.8 Å². The van der Waals surface area contributed by atoms with Crippen molar-refractivity contribution in [1.82, 2.24) is 0 Å². The summed E-state index contributed by atoms with van der Waals surface area (Å²) < 4.78 is 12.5. The lowest BCUT2D eigenvalue weighted by atomic mass is 9.92. The van der Waals surface area contributed by atoms with Crippen LogP contribution < -0.4 is 0 Å². The first-order valence-electron chi connectivity index (χ1n) is 16.0. The number of hydrogen-bond acceptors (Lipinski definition) is 2. The van der Waals surface area contributed by atoms with Crippen molar-refractivity contribution in [2.24, 2.45) is 0 Å². The number of rotatable bonds is 8. The molecule has 5 heteroatoms. The van der Waals surface area contributed by atoms with Gasteiger partial charge in [-0.05, 0) is 131 Å². The number of allylic oxidation sites excluding steroid dienone is 2. The number of fused-ring (bicyclic) bond motifs is 2. The molecule has 0 N–H and O–H groups in total.